The number of amides is 1. The van der Waals surface area contributed by atoms with Gasteiger partial charge in [0.05, 0.1) is 47.7 Å². The van der Waals surface area contributed by atoms with E-state index in [1.165, 1.54) is 33.3 Å². The van der Waals surface area contributed by atoms with Gasteiger partial charge in [0, 0.05) is 31.6 Å². The van der Waals surface area contributed by atoms with Crippen LogP contribution in [0.5, 0.6) is 11.5 Å². The average Bonchev–Trinajstić information content (AvgIpc) is 3.13. The number of carboxylic acids is 2. The summed E-state index contributed by atoms with van der Waals surface area (Å²) in [5.41, 5.74) is 2.15. The number of rotatable bonds is 6. The molecule has 1 atom stereocenters. The van der Waals surface area contributed by atoms with Gasteiger partial charge in [-0.1, -0.05) is 23.2 Å². The highest BCUT2D eigenvalue weighted by atomic mass is 35.5. The fourth-order valence-electron chi connectivity index (χ4n) is 5.32. The van der Waals surface area contributed by atoms with Gasteiger partial charge in [0.25, 0.3) is 0 Å². The number of hydrogen-bond acceptors (Lipinski definition) is 8. The second-order valence-electron chi connectivity index (χ2n) is 11.6. The molecule has 3 N–H and O–H groups in total. The number of nitrogens with one attached hydrogen (secondary N) is 1. The van der Waals surface area contributed by atoms with Gasteiger partial charge in [-0.3, -0.25) is 9.69 Å². The standard InChI is InChI=1S/C32H23Cl2F3N4O3.2C2HF3O2/c1-16(38-29-21-8-4-17(33)12-27(21)39-25-10-6-19(43-2)14-23(25)29)41(31(42)32(35,36)37)30-22-9-5-18(34)13-28(22)40-26-11-7-20(44-3)15-24(26)30;2*3-2(4,5)1(6)7/h4-16H,1-3H3,(H,38,39);2*(H,6,7). The first-order valence-electron chi connectivity index (χ1n) is 15.8. The van der Waals surface area contributed by atoms with Gasteiger partial charge in [-0.2, -0.15) is 39.5 Å². The highest BCUT2D eigenvalue weighted by Gasteiger charge is 2.46. The Labute approximate surface area is 329 Å². The van der Waals surface area contributed by atoms with E-state index >= 15 is 0 Å². The van der Waals surface area contributed by atoms with E-state index in [9.17, 15) is 44.3 Å². The van der Waals surface area contributed by atoms with Gasteiger partial charge in [-0.05, 0) is 79.7 Å². The summed E-state index contributed by atoms with van der Waals surface area (Å²) >= 11 is 12.5. The minimum Gasteiger partial charge on any atom is -0.497 e. The lowest BCUT2D eigenvalue weighted by molar-refractivity contribution is -0.193. The number of halogens is 11. The van der Waals surface area contributed by atoms with E-state index in [4.69, 9.17) is 57.5 Å². The zero-order valence-electron chi connectivity index (χ0n) is 29.4. The Morgan fingerprint density at radius 1 is 0.621 bits per heavy atom. The number of carbonyl (C=O) groups excluding carboxylic acids is 1. The molecular formula is C36H25Cl2F9N4O7. The molecule has 0 saturated carbocycles. The first-order valence-corrected chi connectivity index (χ1v) is 16.5. The van der Waals surface area contributed by atoms with Crippen LogP contribution in [0.15, 0.2) is 72.8 Å². The maximum atomic E-state index is 14.4. The van der Waals surface area contributed by atoms with Crippen molar-refractivity contribution in [1.82, 2.24) is 9.97 Å². The molecule has 0 radical (unpaired) electrons. The summed E-state index contributed by atoms with van der Waals surface area (Å²) in [5, 5.41) is 20.0. The lowest BCUT2D eigenvalue weighted by Crippen LogP contribution is -2.49. The van der Waals surface area contributed by atoms with Crippen molar-refractivity contribution < 1.29 is 73.6 Å². The zero-order valence-corrected chi connectivity index (χ0v) is 31.0. The van der Waals surface area contributed by atoms with Crippen molar-refractivity contribution in [1.29, 1.82) is 0 Å². The molecule has 1 unspecified atom stereocenters. The molecule has 11 nitrogen and oxygen atoms in total. The van der Waals surface area contributed by atoms with Gasteiger partial charge in [0.15, 0.2) is 0 Å². The van der Waals surface area contributed by atoms with Crippen LogP contribution in [0.25, 0.3) is 43.6 Å². The Kier molecular flexibility index (Phi) is 13.3. The number of aliphatic carboxylic acids is 2. The van der Waals surface area contributed by atoms with E-state index in [-0.39, 0.29) is 11.1 Å². The number of alkyl halides is 9. The third-order valence-electron chi connectivity index (χ3n) is 7.79. The largest absolute Gasteiger partial charge is 0.497 e. The van der Waals surface area contributed by atoms with Gasteiger partial charge in [0.2, 0.25) is 0 Å². The third-order valence-corrected chi connectivity index (χ3v) is 8.26. The van der Waals surface area contributed by atoms with Gasteiger partial charge in [-0.15, -0.1) is 0 Å². The Balaban J connectivity index is 0.000000456. The van der Waals surface area contributed by atoms with Crippen molar-refractivity contribution in [3.8, 4) is 11.5 Å². The van der Waals surface area contributed by atoms with E-state index in [0.717, 1.165) is 0 Å². The van der Waals surface area contributed by atoms with Crippen molar-refractivity contribution in [2.24, 2.45) is 0 Å². The first-order chi connectivity index (χ1) is 26.9. The SMILES string of the molecule is COc1ccc2nc3cc(Cl)ccc3c(NC(C)N(C(=O)C(F)(F)F)c3c4ccc(Cl)cc4nc4ccc(OC)cc34)c2c1.O=C(O)C(F)(F)F.O=C(O)C(F)(F)F. The molecule has 6 rings (SSSR count). The van der Waals surface area contributed by atoms with E-state index in [1.54, 1.807) is 60.7 Å². The predicted octanol–water partition coefficient (Wildman–Crippen LogP) is 10.0. The van der Waals surface area contributed by atoms with Gasteiger partial charge < -0.3 is 25.0 Å². The minimum atomic E-state index is -5.22. The van der Waals surface area contributed by atoms with Crippen LogP contribution < -0.4 is 19.7 Å². The maximum absolute atomic E-state index is 14.4. The van der Waals surface area contributed by atoms with E-state index in [1.807, 2.05) is 0 Å². The molecule has 0 aliphatic heterocycles. The van der Waals surface area contributed by atoms with Crippen molar-refractivity contribution in [2.45, 2.75) is 31.6 Å². The molecular weight excluding hydrogens is 842 g/mol. The second-order valence-corrected chi connectivity index (χ2v) is 12.5. The summed E-state index contributed by atoms with van der Waals surface area (Å²) in [7, 11) is 2.95. The van der Waals surface area contributed by atoms with Crippen LogP contribution in [-0.2, 0) is 14.4 Å². The molecule has 22 heteroatoms. The van der Waals surface area contributed by atoms with Crippen LogP contribution in [0.3, 0.4) is 0 Å². The molecule has 2 aromatic heterocycles. The monoisotopic (exact) mass is 866 g/mol. The fraction of sp³-hybridized carbons (Fsp3) is 0.194. The number of pyridine rings is 2. The van der Waals surface area contributed by atoms with E-state index in [2.05, 4.69) is 10.3 Å². The number of carbonyl (C=O) groups is 3. The summed E-state index contributed by atoms with van der Waals surface area (Å²) in [5.74, 6) is -6.70. The average molecular weight is 868 g/mol. The number of methoxy groups -OCH3 is 2. The molecule has 0 aliphatic rings. The number of aromatic nitrogens is 2. The summed E-state index contributed by atoms with van der Waals surface area (Å²) in [6.45, 7) is 1.48. The van der Waals surface area contributed by atoms with Crippen LogP contribution in [0.2, 0.25) is 10.0 Å². The van der Waals surface area contributed by atoms with Crippen LogP contribution in [0.1, 0.15) is 6.92 Å². The number of nitrogens with zero attached hydrogens (tertiary/aromatic N) is 3. The number of benzene rings is 4. The van der Waals surface area contributed by atoms with Crippen LogP contribution in [0, 0.1) is 0 Å². The van der Waals surface area contributed by atoms with Crippen LogP contribution >= 0.6 is 23.2 Å². The molecule has 1 amide bonds. The lowest BCUT2D eigenvalue weighted by Gasteiger charge is -2.33. The van der Waals surface area contributed by atoms with Gasteiger partial charge in [-0.25, -0.2) is 19.6 Å². The van der Waals surface area contributed by atoms with Crippen molar-refractivity contribution in [3.05, 3.63) is 82.8 Å². The van der Waals surface area contributed by atoms with Crippen molar-refractivity contribution in [3.63, 3.8) is 0 Å². The molecule has 2 heterocycles. The minimum absolute atomic E-state index is 0.00816. The number of anilines is 2. The van der Waals surface area contributed by atoms with E-state index < -0.39 is 42.5 Å². The highest BCUT2D eigenvalue weighted by molar-refractivity contribution is 6.32. The third kappa shape index (κ3) is 10.3. The molecule has 58 heavy (non-hydrogen) atoms. The number of fused-ring (bicyclic) bond motifs is 4. The summed E-state index contributed by atoms with van der Waals surface area (Å²) < 4.78 is 118. The summed E-state index contributed by atoms with van der Waals surface area (Å²) in [4.78, 5) is 41.2. The molecule has 0 fully saturated rings. The lowest BCUT2D eigenvalue weighted by atomic mass is 10.0. The van der Waals surface area contributed by atoms with Crippen molar-refractivity contribution >= 4 is 96.0 Å². The molecule has 4 aromatic carbocycles. The Hall–Kier alpha value is -6.02. The Bertz CT molecular complexity index is 2510. The normalized spacial score (nSPS) is 12.2. The van der Waals surface area contributed by atoms with Gasteiger partial charge in [0.1, 0.15) is 17.7 Å². The molecule has 0 aliphatic carbocycles. The molecule has 0 saturated heterocycles. The Morgan fingerprint density at radius 3 is 1.47 bits per heavy atom. The number of carboxylic acid groups (broad SMARTS) is 2. The quantitative estimate of drug-likeness (QED) is 0.0838. The number of ether oxygens (including phenoxy) is 2. The maximum Gasteiger partial charge on any atom is 0.490 e. The van der Waals surface area contributed by atoms with Gasteiger partial charge >= 0.3 is 36.4 Å². The first kappa shape index (κ1) is 44.7. The fourth-order valence-corrected chi connectivity index (χ4v) is 5.65. The van der Waals surface area contributed by atoms with Crippen LogP contribution in [0.4, 0.5) is 50.9 Å². The summed E-state index contributed by atoms with van der Waals surface area (Å²) in [6, 6.07) is 19.7. The molecule has 308 valence electrons. The number of hydrogen-bond donors (Lipinski definition) is 3. The predicted molar refractivity (Wildman–Crippen MR) is 196 cm³/mol. The van der Waals surface area contributed by atoms with Crippen molar-refractivity contribution in [2.75, 3.05) is 24.4 Å². The second kappa shape index (κ2) is 17.2. The van der Waals surface area contributed by atoms with E-state index in [0.29, 0.717) is 70.4 Å². The Morgan fingerprint density at radius 2 is 1.03 bits per heavy atom. The summed E-state index contributed by atoms with van der Waals surface area (Å²) in [6.07, 6.45) is -16.6. The topological polar surface area (TPSA) is 151 Å². The zero-order chi connectivity index (χ0) is 43.5. The van der Waals surface area contributed by atoms with Crippen LogP contribution in [-0.4, -0.2) is 76.9 Å². The highest BCUT2D eigenvalue weighted by Crippen LogP contribution is 2.41. The molecule has 0 spiro atoms. The molecule has 0 bridgehead atoms. The smallest absolute Gasteiger partial charge is 0.490 e. The molecule has 6 aromatic rings.